The van der Waals surface area contributed by atoms with Crippen molar-refractivity contribution in [3.8, 4) is 11.5 Å². The van der Waals surface area contributed by atoms with Crippen LogP contribution in [0.5, 0.6) is 11.5 Å². The summed E-state index contributed by atoms with van der Waals surface area (Å²) in [6.07, 6.45) is -3.89. The second kappa shape index (κ2) is 8.50. The fourth-order valence-electron chi connectivity index (χ4n) is 3.61. The summed E-state index contributed by atoms with van der Waals surface area (Å²) in [7, 11) is 0. The molecule has 1 atom stereocenters. The van der Waals surface area contributed by atoms with Crippen LogP contribution in [0.15, 0.2) is 46.9 Å². The molecule has 2 N–H and O–H groups in total. The zero-order chi connectivity index (χ0) is 22.0. The summed E-state index contributed by atoms with van der Waals surface area (Å²) in [5, 5.41) is 6.83. The summed E-state index contributed by atoms with van der Waals surface area (Å²) in [4.78, 5) is 12.8. The number of hydrogen-bond donors (Lipinski definition) is 2. The second-order valence-corrected chi connectivity index (χ2v) is 7.34. The van der Waals surface area contributed by atoms with Crippen LogP contribution < -0.4 is 20.1 Å². The molecule has 1 fully saturated rings. The van der Waals surface area contributed by atoms with E-state index in [0.717, 1.165) is 19.5 Å². The Morgan fingerprint density at radius 3 is 2.81 bits per heavy atom. The maximum absolute atomic E-state index is 12.8. The fraction of sp³-hybridized carbons (Fsp3) is 0.318. The third kappa shape index (κ3) is 5.11. The van der Waals surface area contributed by atoms with Gasteiger partial charge in [0.2, 0.25) is 0 Å². The molecular weight excluding hydrogens is 413 g/mol. The van der Waals surface area contributed by atoms with Crippen LogP contribution in [0.3, 0.4) is 0 Å². The Morgan fingerprint density at radius 1 is 1.23 bits per heavy atom. The van der Waals surface area contributed by atoms with Crippen molar-refractivity contribution in [2.75, 3.05) is 13.1 Å². The third-order valence-electron chi connectivity index (χ3n) is 5.00. The van der Waals surface area contributed by atoms with Crippen LogP contribution in [0.25, 0.3) is 11.0 Å². The lowest BCUT2D eigenvalue weighted by molar-refractivity contribution is -0.274. The number of alkyl halides is 3. The highest BCUT2D eigenvalue weighted by Crippen LogP contribution is 2.30. The lowest BCUT2D eigenvalue weighted by Crippen LogP contribution is -2.36. The van der Waals surface area contributed by atoms with Crippen LogP contribution >= 0.6 is 0 Å². The van der Waals surface area contributed by atoms with E-state index in [1.165, 1.54) is 18.2 Å². The van der Waals surface area contributed by atoms with Crippen molar-refractivity contribution >= 4 is 16.9 Å². The molecule has 164 valence electrons. The van der Waals surface area contributed by atoms with E-state index in [2.05, 4.69) is 15.4 Å². The topological polar surface area (TPSA) is 72.7 Å². The fourth-order valence-corrected chi connectivity index (χ4v) is 3.61. The van der Waals surface area contributed by atoms with Gasteiger partial charge >= 0.3 is 6.36 Å². The van der Waals surface area contributed by atoms with E-state index in [1.807, 2.05) is 0 Å². The Bertz CT molecular complexity index is 1090. The number of aryl methyl sites for hydroxylation is 1. The van der Waals surface area contributed by atoms with Crippen molar-refractivity contribution in [3.63, 3.8) is 0 Å². The highest BCUT2D eigenvalue weighted by molar-refractivity contribution is 6.07. The number of amides is 1. The maximum atomic E-state index is 12.8. The van der Waals surface area contributed by atoms with Crippen LogP contribution in [0, 0.1) is 6.92 Å². The van der Waals surface area contributed by atoms with E-state index >= 15 is 0 Å². The van der Waals surface area contributed by atoms with Gasteiger partial charge in [-0.25, -0.2) is 0 Å². The van der Waals surface area contributed by atoms with E-state index in [-0.39, 0.29) is 24.3 Å². The molecule has 0 bridgehead atoms. The van der Waals surface area contributed by atoms with Crippen molar-refractivity contribution < 1.29 is 31.9 Å². The summed E-state index contributed by atoms with van der Waals surface area (Å²) in [6.45, 7) is 3.36. The van der Waals surface area contributed by atoms with Crippen LogP contribution in [-0.2, 0) is 6.61 Å². The smallest absolute Gasteiger partial charge is 0.489 e. The van der Waals surface area contributed by atoms with Gasteiger partial charge in [-0.15, -0.1) is 13.2 Å². The second-order valence-electron chi connectivity index (χ2n) is 7.34. The predicted octanol–water partition coefficient (Wildman–Crippen LogP) is 4.31. The first kappa shape index (κ1) is 21.0. The summed E-state index contributed by atoms with van der Waals surface area (Å²) in [5.74, 6) is 0.452. The molecule has 31 heavy (non-hydrogen) atoms. The summed E-state index contributed by atoms with van der Waals surface area (Å²) < 4.78 is 52.6. The van der Waals surface area contributed by atoms with Gasteiger partial charge in [-0.2, -0.15) is 0 Å². The number of rotatable bonds is 6. The Balaban J connectivity index is 1.50. The van der Waals surface area contributed by atoms with Gasteiger partial charge < -0.3 is 24.5 Å². The van der Waals surface area contributed by atoms with E-state index in [1.54, 1.807) is 31.2 Å². The summed E-state index contributed by atoms with van der Waals surface area (Å²) >= 11 is 0. The zero-order valence-electron chi connectivity index (χ0n) is 16.7. The lowest BCUT2D eigenvalue weighted by atomic mass is 10.1. The molecule has 1 aromatic heterocycles. The van der Waals surface area contributed by atoms with E-state index in [4.69, 9.17) is 9.15 Å². The molecule has 1 amide bonds. The van der Waals surface area contributed by atoms with Gasteiger partial charge in [0, 0.05) is 18.0 Å². The molecule has 2 heterocycles. The number of ether oxygens (including phenoxy) is 2. The predicted molar refractivity (Wildman–Crippen MR) is 107 cm³/mol. The van der Waals surface area contributed by atoms with Crippen molar-refractivity contribution in [2.24, 2.45) is 0 Å². The molecule has 3 aromatic rings. The minimum Gasteiger partial charge on any atom is -0.489 e. The molecule has 6 nitrogen and oxygen atoms in total. The number of halogens is 3. The molecular formula is C22H21F3N2O4. The Kier molecular flexibility index (Phi) is 5.77. The average Bonchev–Trinajstić information content (AvgIpc) is 3.31. The number of nitrogens with one attached hydrogen (secondary N) is 2. The average molecular weight is 434 g/mol. The minimum atomic E-state index is -4.75. The zero-order valence-corrected chi connectivity index (χ0v) is 16.7. The largest absolute Gasteiger partial charge is 0.573 e. The Morgan fingerprint density at radius 2 is 2.06 bits per heavy atom. The molecule has 9 heteroatoms. The molecule has 1 aliphatic rings. The van der Waals surface area contributed by atoms with Crippen LogP contribution in [0.1, 0.15) is 28.1 Å². The van der Waals surface area contributed by atoms with Crippen molar-refractivity contribution in [3.05, 3.63) is 59.4 Å². The molecule has 0 unspecified atom stereocenters. The molecule has 1 aliphatic heterocycles. The van der Waals surface area contributed by atoms with Gasteiger partial charge in [0.25, 0.3) is 5.91 Å². The summed E-state index contributed by atoms with van der Waals surface area (Å²) in [5.41, 5.74) is 1.52. The van der Waals surface area contributed by atoms with Gasteiger partial charge in [-0.3, -0.25) is 4.79 Å². The maximum Gasteiger partial charge on any atom is 0.573 e. The van der Waals surface area contributed by atoms with Gasteiger partial charge in [0.05, 0.1) is 5.56 Å². The van der Waals surface area contributed by atoms with Gasteiger partial charge in [-0.05, 0) is 55.8 Å². The normalized spacial score (nSPS) is 16.5. The van der Waals surface area contributed by atoms with Gasteiger partial charge in [-0.1, -0.05) is 12.1 Å². The van der Waals surface area contributed by atoms with E-state index < -0.39 is 6.36 Å². The third-order valence-corrected chi connectivity index (χ3v) is 5.00. The number of fused-ring (bicyclic) bond motifs is 1. The Labute approximate surface area is 176 Å². The molecule has 0 saturated carbocycles. The van der Waals surface area contributed by atoms with Crippen molar-refractivity contribution in [2.45, 2.75) is 32.4 Å². The monoisotopic (exact) mass is 434 g/mol. The molecule has 2 aromatic carbocycles. The molecule has 0 spiro atoms. The number of furan rings is 1. The molecule has 0 radical (unpaired) electrons. The molecule has 0 aliphatic carbocycles. The quantitative estimate of drug-likeness (QED) is 0.605. The molecule has 4 rings (SSSR count). The van der Waals surface area contributed by atoms with Crippen molar-refractivity contribution in [1.29, 1.82) is 0 Å². The van der Waals surface area contributed by atoms with E-state index in [9.17, 15) is 18.0 Å². The number of carbonyl (C=O) groups is 1. The van der Waals surface area contributed by atoms with Crippen LogP contribution in [0.4, 0.5) is 13.2 Å². The Hall–Kier alpha value is -3.20. The van der Waals surface area contributed by atoms with Crippen LogP contribution in [0.2, 0.25) is 0 Å². The highest BCUT2D eigenvalue weighted by atomic mass is 19.4. The van der Waals surface area contributed by atoms with Crippen LogP contribution in [-0.4, -0.2) is 31.4 Å². The standard InChI is InChI=1S/C22H21F3N2O4/c1-13-20(21(28)27-15-7-8-26-11-15)18-10-16(5-6-19(18)30-13)29-12-14-3-2-4-17(9-14)31-22(23,24)25/h2-6,9-10,15,26H,7-8,11-12H2,1H3,(H,27,28)/t15-/m0/s1. The van der Waals surface area contributed by atoms with Gasteiger partial charge in [0.1, 0.15) is 29.4 Å². The first-order chi connectivity index (χ1) is 14.8. The first-order valence-corrected chi connectivity index (χ1v) is 9.81. The van der Waals surface area contributed by atoms with Crippen molar-refractivity contribution in [1.82, 2.24) is 10.6 Å². The minimum absolute atomic E-state index is 0.0344. The highest BCUT2D eigenvalue weighted by Gasteiger charge is 2.31. The molecule has 1 saturated heterocycles. The number of hydrogen-bond acceptors (Lipinski definition) is 5. The number of carbonyl (C=O) groups excluding carboxylic acids is 1. The summed E-state index contributed by atoms with van der Waals surface area (Å²) in [6, 6.07) is 10.7. The SMILES string of the molecule is Cc1oc2ccc(OCc3cccc(OC(F)(F)F)c3)cc2c1C(=O)N[C@H]1CCNC1. The number of benzene rings is 2. The van der Waals surface area contributed by atoms with Gasteiger partial charge in [0.15, 0.2) is 0 Å². The first-order valence-electron chi connectivity index (χ1n) is 9.81. The van der Waals surface area contributed by atoms with E-state index in [0.29, 0.717) is 33.6 Å². The lowest BCUT2D eigenvalue weighted by Gasteiger charge is -2.12.